The zero-order valence-electron chi connectivity index (χ0n) is 12.1. The van der Waals surface area contributed by atoms with Gasteiger partial charge in [-0.1, -0.05) is 30.3 Å². The number of rotatable bonds is 5. The summed E-state index contributed by atoms with van der Waals surface area (Å²) in [4.78, 5) is 13.9. The van der Waals surface area contributed by atoms with Crippen molar-refractivity contribution in [1.82, 2.24) is 4.90 Å². The zero-order valence-corrected chi connectivity index (χ0v) is 12.1. The summed E-state index contributed by atoms with van der Waals surface area (Å²) in [6.07, 6.45) is 1.78. The van der Waals surface area contributed by atoms with Crippen LogP contribution in [0.2, 0.25) is 0 Å². The van der Waals surface area contributed by atoms with Crippen LogP contribution < -0.4 is 5.73 Å². The molecule has 0 aliphatic heterocycles. The van der Waals surface area contributed by atoms with E-state index in [4.69, 9.17) is 5.73 Å². The summed E-state index contributed by atoms with van der Waals surface area (Å²) in [7, 11) is 1.73. The lowest BCUT2D eigenvalue weighted by Crippen LogP contribution is -2.28. The second kappa shape index (κ2) is 6.88. The highest BCUT2D eigenvalue weighted by Crippen LogP contribution is 2.15. The fourth-order valence-electron chi connectivity index (χ4n) is 2.20. The van der Waals surface area contributed by atoms with Gasteiger partial charge >= 0.3 is 0 Å². The Hall–Kier alpha value is -2.36. The maximum Gasteiger partial charge on any atom is 0.255 e. The van der Waals surface area contributed by atoms with Crippen molar-refractivity contribution in [3.8, 4) is 0 Å². The van der Waals surface area contributed by atoms with Crippen LogP contribution in [0.25, 0.3) is 0 Å². The first-order chi connectivity index (χ1) is 10.1. The Balaban J connectivity index is 1.90. The molecule has 0 fully saturated rings. The number of nitrogens with zero attached hydrogens (tertiary/aromatic N) is 1. The maximum absolute atomic E-state index is 13.0. The van der Waals surface area contributed by atoms with Crippen molar-refractivity contribution in [3.63, 3.8) is 0 Å². The maximum atomic E-state index is 13.0. The van der Waals surface area contributed by atoms with Crippen molar-refractivity contribution in [3.05, 3.63) is 65.5 Å². The van der Waals surface area contributed by atoms with Gasteiger partial charge in [0.25, 0.3) is 5.91 Å². The molecule has 4 heteroatoms. The van der Waals surface area contributed by atoms with E-state index in [9.17, 15) is 9.18 Å². The second-order valence-electron chi connectivity index (χ2n) is 5.05. The quantitative estimate of drug-likeness (QED) is 0.858. The number of hydrogen-bond acceptors (Lipinski definition) is 2. The third-order valence-corrected chi connectivity index (χ3v) is 3.39. The molecule has 0 aliphatic rings. The number of carbonyl (C=O) groups excluding carboxylic acids is 1. The van der Waals surface area contributed by atoms with Crippen LogP contribution in [-0.2, 0) is 6.42 Å². The van der Waals surface area contributed by atoms with E-state index in [0.717, 1.165) is 12.8 Å². The second-order valence-corrected chi connectivity index (χ2v) is 5.05. The Bertz CT molecular complexity index is 613. The molecule has 2 rings (SSSR count). The number of anilines is 1. The zero-order chi connectivity index (χ0) is 15.2. The molecule has 0 heterocycles. The number of hydrogen-bond donors (Lipinski definition) is 1. The van der Waals surface area contributed by atoms with Gasteiger partial charge in [-0.15, -0.1) is 0 Å². The number of benzene rings is 2. The van der Waals surface area contributed by atoms with Crippen LogP contribution in [0.15, 0.2) is 48.5 Å². The van der Waals surface area contributed by atoms with Gasteiger partial charge in [0.05, 0.1) is 5.56 Å². The molecular weight excluding hydrogens is 267 g/mol. The Morgan fingerprint density at radius 3 is 2.57 bits per heavy atom. The summed E-state index contributed by atoms with van der Waals surface area (Å²) in [5.74, 6) is -0.614. The summed E-state index contributed by atoms with van der Waals surface area (Å²) < 4.78 is 13.0. The smallest absolute Gasteiger partial charge is 0.255 e. The van der Waals surface area contributed by atoms with E-state index < -0.39 is 5.82 Å². The SMILES string of the molecule is CN(CCCc1ccccc1)C(=O)c1ccc(F)cc1N. The highest BCUT2D eigenvalue weighted by Gasteiger charge is 2.14. The van der Waals surface area contributed by atoms with E-state index in [-0.39, 0.29) is 11.6 Å². The minimum absolute atomic E-state index is 0.176. The van der Waals surface area contributed by atoms with Crippen LogP contribution in [0.5, 0.6) is 0 Å². The standard InChI is InChI=1S/C17H19FN2O/c1-20(11-5-8-13-6-3-2-4-7-13)17(21)15-10-9-14(18)12-16(15)19/h2-4,6-7,9-10,12H,5,8,11,19H2,1H3. The minimum atomic E-state index is -0.434. The lowest BCUT2D eigenvalue weighted by Gasteiger charge is -2.18. The third-order valence-electron chi connectivity index (χ3n) is 3.39. The van der Waals surface area contributed by atoms with E-state index in [2.05, 4.69) is 12.1 Å². The van der Waals surface area contributed by atoms with Crippen molar-refractivity contribution < 1.29 is 9.18 Å². The molecule has 0 saturated carbocycles. The van der Waals surface area contributed by atoms with Crippen LogP contribution in [0.4, 0.5) is 10.1 Å². The number of nitrogen functional groups attached to an aromatic ring is 1. The first kappa shape index (κ1) is 15.0. The molecule has 2 aromatic carbocycles. The van der Waals surface area contributed by atoms with Gasteiger partial charge in [0, 0.05) is 19.3 Å². The van der Waals surface area contributed by atoms with Crippen molar-refractivity contribution in [2.45, 2.75) is 12.8 Å². The molecule has 0 radical (unpaired) electrons. The molecule has 110 valence electrons. The largest absolute Gasteiger partial charge is 0.398 e. The predicted octanol–water partition coefficient (Wildman–Crippen LogP) is 3.11. The van der Waals surface area contributed by atoms with E-state index in [1.165, 1.54) is 23.8 Å². The van der Waals surface area contributed by atoms with Gasteiger partial charge < -0.3 is 10.6 Å². The monoisotopic (exact) mass is 286 g/mol. The Labute approximate surface area is 124 Å². The molecule has 0 aliphatic carbocycles. The fourth-order valence-corrected chi connectivity index (χ4v) is 2.20. The van der Waals surface area contributed by atoms with E-state index >= 15 is 0 Å². The number of halogens is 1. The summed E-state index contributed by atoms with van der Waals surface area (Å²) in [6, 6.07) is 14.0. The number of carbonyl (C=O) groups is 1. The minimum Gasteiger partial charge on any atom is -0.398 e. The molecule has 1 amide bonds. The number of aryl methyl sites for hydroxylation is 1. The van der Waals surface area contributed by atoms with Crippen molar-refractivity contribution in [1.29, 1.82) is 0 Å². The van der Waals surface area contributed by atoms with Crippen molar-refractivity contribution in [2.75, 3.05) is 19.3 Å². The van der Waals surface area contributed by atoms with Crippen molar-refractivity contribution in [2.24, 2.45) is 0 Å². The Morgan fingerprint density at radius 2 is 1.90 bits per heavy atom. The lowest BCUT2D eigenvalue weighted by atomic mass is 10.1. The van der Waals surface area contributed by atoms with Gasteiger partial charge in [0.1, 0.15) is 5.82 Å². The van der Waals surface area contributed by atoms with Gasteiger partial charge in [-0.2, -0.15) is 0 Å². The number of amides is 1. The molecule has 0 aromatic heterocycles. The summed E-state index contributed by atoms with van der Waals surface area (Å²) in [5.41, 5.74) is 7.46. The van der Waals surface area contributed by atoms with E-state index in [1.807, 2.05) is 18.2 Å². The Kier molecular flexibility index (Phi) is 4.93. The molecule has 0 unspecified atom stereocenters. The van der Waals surface area contributed by atoms with Crippen LogP contribution in [0.1, 0.15) is 22.3 Å². The van der Waals surface area contributed by atoms with Crippen LogP contribution in [-0.4, -0.2) is 24.4 Å². The topological polar surface area (TPSA) is 46.3 Å². The van der Waals surface area contributed by atoms with Crippen LogP contribution >= 0.6 is 0 Å². The highest BCUT2D eigenvalue weighted by atomic mass is 19.1. The third kappa shape index (κ3) is 4.05. The molecule has 0 saturated heterocycles. The summed E-state index contributed by atoms with van der Waals surface area (Å²) in [5, 5.41) is 0. The highest BCUT2D eigenvalue weighted by molar-refractivity contribution is 5.98. The molecule has 21 heavy (non-hydrogen) atoms. The first-order valence-electron chi connectivity index (χ1n) is 6.92. The van der Waals surface area contributed by atoms with E-state index in [1.54, 1.807) is 11.9 Å². The average molecular weight is 286 g/mol. The van der Waals surface area contributed by atoms with Gasteiger partial charge in [-0.25, -0.2) is 4.39 Å². The van der Waals surface area contributed by atoms with Crippen LogP contribution in [0, 0.1) is 5.82 Å². The fraction of sp³-hybridized carbons (Fsp3) is 0.235. The summed E-state index contributed by atoms with van der Waals surface area (Å²) >= 11 is 0. The molecule has 0 atom stereocenters. The van der Waals surface area contributed by atoms with Gasteiger partial charge in [-0.3, -0.25) is 4.79 Å². The van der Waals surface area contributed by atoms with Gasteiger partial charge in [0.15, 0.2) is 0 Å². The molecule has 0 spiro atoms. The molecule has 2 aromatic rings. The Morgan fingerprint density at radius 1 is 1.19 bits per heavy atom. The van der Waals surface area contributed by atoms with Gasteiger partial charge in [-0.05, 0) is 36.6 Å². The molecular formula is C17H19FN2O. The van der Waals surface area contributed by atoms with E-state index in [0.29, 0.717) is 12.1 Å². The molecule has 2 N–H and O–H groups in total. The number of nitrogens with two attached hydrogens (primary N) is 1. The molecule has 3 nitrogen and oxygen atoms in total. The molecule has 0 bridgehead atoms. The summed E-state index contributed by atoms with van der Waals surface area (Å²) in [6.45, 7) is 0.630. The first-order valence-corrected chi connectivity index (χ1v) is 6.92. The normalized spacial score (nSPS) is 10.4. The van der Waals surface area contributed by atoms with Crippen molar-refractivity contribution >= 4 is 11.6 Å². The predicted molar refractivity (Wildman–Crippen MR) is 82.5 cm³/mol. The van der Waals surface area contributed by atoms with Gasteiger partial charge in [0.2, 0.25) is 0 Å². The van der Waals surface area contributed by atoms with Crippen LogP contribution in [0.3, 0.4) is 0 Å². The average Bonchev–Trinajstić information content (AvgIpc) is 2.47. The lowest BCUT2D eigenvalue weighted by molar-refractivity contribution is 0.0794.